The van der Waals surface area contributed by atoms with Gasteiger partial charge in [-0.25, -0.2) is 0 Å². The van der Waals surface area contributed by atoms with Gasteiger partial charge in [-0.15, -0.1) is 0 Å². The summed E-state index contributed by atoms with van der Waals surface area (Å²) in [5, 5.41) is 18.2. The van der Waals surface area contributed by atoms with E-state index >= 15 is 0 Å². The molecule has 2 aliphatic rings. The van der Waals surface area contributed by atoms with Gasteiger partial charge in [0.15, 0.2) is 24.2 Å². The van der Waals surface area contributed by atoms with Gasteiger partial charge in [0.1, 0.15) is 0 Å². The fourth-order valence-electron chi connectivity index (χ4n) is 19.9. The molecule has 0 radical (unpaired) electrons. The van der Waals surface area contributed by atoms with Gasteiger partial charge in [-0.05, 0) is 172 Å². The largest absolute Gasteiger partial charge is 0.311 e. The molecule has 0 aliphatic carbocycles. The molecule has 0 spiro atoms. The Labute approximate surface area is 691 Å². The average molecular weight is 1550 g/mol. The molecule has 0 saturated carbocycles. The van der Waals surface area contributed by atoms with E-state index in [1.165, 1.54) is 112 Å². The van der Waals surface area contributed by atoms with Crippen LogP contribution in [0.25, 0.3) is 38.6 Å². The van der Waals surface area contributed by atoms with E-state index in [9.17, 15) is 0 Å². The summed E-state index contributed by atoms with van der Waals surface area (Å²) in [6, 6.07) is 169. The first-order chi connectivity index (χ1) is 57.3. The normalized spacial score (nSPS) is 12.8. The summed E-state index contributed by atoms with van der Waals surface area (Å²) in [5.74, 6) is 0. The van der Waals surface area contributed by atoms with Crippen LogP contribution in [0.1, 0.15) is 52.7 Å². The molecule has 7 heteroatoms. The van der Waals surface area contributed by atoms with Crippen LogP contribution >= 0.6 is 0 Å². The van der Waals surface area contributed by atoms with Gasteiger partial charge < -0.3 is 14.4 Å². The second kappa shape index (κ2) is 29.3. The summed E-state index contributed by atoms with van der Waals surface area (Å²) >= 11 is 0. The van der Waals surface area contributed by atoms with E-state index < -0.39 is 24.2 Å². The first kappa shape index (κ1) is 72.8. The number of rotatable bonds is 16. The quantitative estimate of drug-likeness (QED) is 0.0706. The molecule has 17 aromatic carbocycles. The van der Waals surface area contributed by atoms with Crippen molar-refractivity contribution in [3.63, 3.8) is 0 Å². The fraction of sp³-hybridized carbons (Fsp3) is 0.0727. The molecule has 0 fully saturated rings. The van der Waals surface area contributed by atoms with Gasteiger partial charge in [0.25, 0.3) is 6.71 Å². The first-order valence-corrected chi connectivity index (χ1v) is 47.2. The zero-order valence-electron chi connectivity index (χ0n) is 67.0. The summed E-state index contributed by atoms with van der Waals surface area (Å²) < 4.78 is 2.57. The highest BCUT2D eigenvalue weighted by molar-refractivity contribution is 7.21. The highest BCUT2D eigenvalue weighted by Crippen LogP contribution is 2.48. The highest BCUT2D eigenvalue weighted by atomic mass is 28.3. The molecule has 1 aromatic heterocycles. The monoisotopic (exact) mass is 1550 g/mol. The number of aromatic nitrogens is 1. The van der Waals surface area contributed by atoms with Crippen molar-refractivity contribution in [2.75, 3.05) is 9.80 Å². The maximum absolute atomic E-state index is 3.23. The van der Waals surface area contributed by atoms with Crippen LogP contribution in [0.4, 0.5) is 34.1 Å². The standard InChI is InChI=1S/C110H90BN3Si3/c1-109(2,3)81-70-80(71-82(73-81)110(4,5)6)79-66-68-100-104(72-79)112(83-40-38-60-95(74-83)115(86-42-16-7-17-43-86,87-44-18-8-19-45-87)88-46-20-9-21-47-88)106-76-85(114-102-64-36-34-62-98(102)99-63-35-37-65-103(99)114)77-107-108(106)111(100)101-69-67-97(117(92-54-28-13-29-55-92,93-56-30-14-31-57-93)94-58-32-15-33-59-94)78-105(101)113(107)84-41-39-61-96(75-84)116(89-48-22-10-23-49-89,90-50-24-11-25-51-90)91-52-26-12-27-53-91/h7-78H,1-6H3. The molecule has 2 aliphatic heterocycles. The van der Waals surface area contributed by atoms with Crippen LogP contribution in [-0.4, -0.2) is 35.5 Å². The Hall–Kier alpha value is -13.1. The topological polar surface area (TPSA) is 11.4 Å². The lowest BCUT2D eigenvalue weighted by atomic mass is 9.33. The third-order valence-electron chi connectivity index (χ3n) is 25.3. The molecule has 20 rings (SSSR count). The molecular formula is C110H90BN3Si3. The maximum Gasteiger partial charge on any atom is 0.252 e. The van der Waals surface area contributed by atoms with Crippen molar-refractivity contribution in [3.8, 4) is 16.8 Å². The Bertz CT molecular complexity index is 6340. The predicted molar refractivity (Wildman–Crippen MR) is 508 cm³/mol. The number of fused-ring (bicyclic) bond motifs is 7. The number of benzene rings is 17. The van der Waals surface area contributed by atoms with Gasteiger partial charge in [-0.3, -0.25) is 0 Å². The van der Waals surface area contributed by atoms with Gasteiger partial charge in [-0.1, -0.05) is 418 Å². The minimum absolute atomic E-state index is 0.117. The molecule has 18 aromatic rings. The van der Waals surface area contributed by atoms with Gasteiger partial charge in [0, 0.05) is 44.9 Å². The molecular weight excluding hydrogens is 1460 g/mol. The van der Waals surface area contributed by atoms with Crippen molar-refractivity contribution >= 4 is 165 Å². The van der Waals surface area contributed by atoms with Crippen molar-refractivity contribution in [2.45, 2.75) is 52.4 Å². The van der Waals surface area contributed by atoms with Crippen LogP contribution in [0, 0.1) is 0 Å². The van der Waals surface area contributed by atoms with E-state index in [0.29, 0.717) is 0 Å². The Balaban J connectivity index is 0.956. The van der Waals surface area contributed by atoms with E-state index in [2.05, 4.69) is 493 Å². The van der Waals surface area contributed by atoms with E-state index in [1.54, 1.807) is 0 Å². The third-order valence-corrected chi connectivity index (χ3v) is 39.6. The predicted octanol–water partition coefficient (Wildman–Crippen LogP) is 17.3. The Morgan fingerprint density at radius 3 is 0.838 bits per heavy atom. The van der Waals surface area contributed by atoms with Crippen LogP contribution < -0.4 is 88.4 Å². The van der Waals surface area contributed by atoms with Gasteiger partial charge in [0.05, 0.1) is 16.7 Å². The van der Waals surface area contributed by atoms with E-state index in [0.717, 1.165) is 50.8 Å². The first-order valence-electron chi connectivity index (χ1n) is 41.2. The SMILES string of the molecule is CC(C)(C)c1cc(-c2ccc3c(c2)N(c2cccc([Si](c4ccccc4)(c4ccccc4)c4ccccc4)c2)c2cc(-n4c5ccccc5c5ccccc54)cc4c2B3c2ccc([Si](c3ccccc3)(c3ccccc3)c3ccccc3)cc2N4c2cccc([Si](c3ccccc3)(c3ccccc3)c3ccccc3)c2)cc(C(C)(C)C)c1. The number of nitrogens with zero attached hydrogens (tertiary/aromatic N) is 3. The second-order valence-corrected chi connectivity index (χ2v) is 45.3. The third kappa shape index (κ3) is 12.0. The van der Waals surface area contributed by atoms with Crippen molar-refractivity contribution < 1.29 is 0 Å². The van der Waals surface area contributed by atoms with Crippen LogP contribution in [-0.2, 0) is 10.8 Å². The molecule has 0 unspecified atom stereocenters. The molecule has 0 atom stereocenters. The van der Waals surface area contributed by atoms with Crippen LogP contribution in [0.3, 0.4) is 0 Å². The number of para-hydroxylation sites is 2. The molecule has 0 bridgehead atoms. The summed E-state index contributed by atoms with van der Waals surface area (Å²) in [6.07, 6.45) is 0. The smallest absolute Gasteiger partial charge is 0.252 e. The molecule has 0 N–H and O–H groups in total. The number of hydrogen-bond donors (Lipinski definition) is 0. The maximum atomic E-state index is 2.73. The van der Waals surface area contributed by atoms with Crippen molar-refractivity contribution in [3.05, 3.63) is 448 Å². The van der Waals surface area contributed by atoms with E-state index in [4.69, 9.17) is 0 Å². The van der Waals surface area contributed by atoms with Gasteiger partial charge >= 0.3 is 0 Å². The van der Waals surface area contributed by atoms with Crippen molar-refractivity contribution in [1.29, 1.82) is 0 Å². The number of hydrogen-bond acceptors (Lipinski definition) is 2. The number of anilines is 6. The molecule has 0 amide bonds. The van der Waals surface area contributed by atoms with Gasteiger partial charge in [-0.2, -0.15) is 0 Å². The van der Waals surface area contributed by atoms with E-state index in [1.807, 2.05) is 0 Å². The zero-order valence-corrected chi connectivity index (χ0v) is 70.0. The highest BCUT2D eigenvalue weighted by Gasteiger charge is 2.50. The Kier molecular flexibility index (Phi) is 18.2. The lowest BCUT2D eigenvalue weighted by Crippen LogP contribution is -2.75. The van der Waals surface area contributed by atoms with E-state index in [-0.39, 0.29) is 17.5 Å². The lowest BCUT2D eigenvalue weighted by molar-refractivity contribution is 0.569. The molecule has 117 heavy (non-hydrogen) atoms. The lowest BCUT2D eigenvalue weighted by Gasteiger charge is -2.45. The molecule has 0 saturated heterocycles. The summed E-state index contributed by atoms with van der Waals surface area (Å²) in [7, 11) is -9.56. The summed E-state index contributed by atoms with van der Waals surface area (Å²) in [6.45, 7) is 13.9. The zero-order chi connectivity index (χ0) is 79.0. The second-order valence-electron chi connectivity index (χ2n) is 33.9. The van der Waals surface area contributed by atoms with Crippen LogP contribution in [0.5, 0.6) is 0 Å². The molecule has 3 heterocycles. The summed E-state index contributed by atoms with van der Waals surface area (Å²) in [5.41, 5.74) is 18.6. The van der Waals surface area contributed by atoms with Crippen molar-refractivity contribution in [2.24, 2.45) is 0 Å². The fourth-order valence-corrected chi connectivity index (χ4v) is 34.2. The minimum Gasteiger partial charge on any atom is -0.311 e. The molecule has 560 valence electrons. The summed E-state index contributed by atoms with van der Waals surface area (Å²) in [4.78, 5) is 5.44. The Morgan fingerprint density at radius 2 is 0.504 bits per heavy atom. The van der Waals surface area contributed by atoms with Crippen molar-refractivity contribution in [1.82, 2.24) is 4.57 Å². The van der Waals surface area contributed by atoms with Gasteiger partial charge in [0.2, 0.25) is 0 Å². The molecule has 3 nitrogen and oxygen atoms in total. The van der Waals surface area contributed by atoms with Crippen LogP contribution in [0.15, 0.2) is 437 Å². The minimum atomic E-state index is -3.23. The Morgan fingerprint density at radius 1 is 0.214 bits per heavy atom. The average Bonchev–Trinajstić information content (AvgIpc) is 1.18. The van der Waals surface area contributed by atoms with Crippen LogP contribution in [0.2, 0.25) is 0 Å².